The number of carbonyl (C=O) groups excluding carboxylic acids is 1. The van der Waals surface area contributed by atoms with Gasteiger partial charge in [0, 0.05) is 12.0 Å². The number of rotatable bonds is 1. The molecule has 0 aliphatic heterocycles. The Morgan fingerprint density at radius 3 is 2.93 bits per heavy atom. The molecule has 4 heteroatoms. The van der Waals surface area contributed by atoms with E-state index < -0.39 is 0 Å². The van der Waals surface area contributed by atoms with Crippen LogP contribution in [0, 0.1) is 0 Å². The number of methoxy groups -OCH3 is 1. The van der Waals surface area contributed by atoms with Gasteiger partial charge in [-0.3, -0.25) is 4.79 Å². The van der Waals surface area contributed by atoms with Crippen molar-refractivity contribution in [1.82, 2.24) is 0 Å². The van der Waals surface area contributed by atoms with E-state index in [2.05, 4.69) is 5.16 Å². The second-order valence-electron chi connectivity index (χ2n) is 3.41. The van der Waals surface area contributed by atoms with Crippen LogP contribution < -0.4 is 0 Å². The summed E-state index contributed by atoms with van der Waals surface area (Å²) in [5.74, 6) is -0.627. The first-order valence-electron chi connectivity index (χ1n) is 4.66. The summed E-state index contributed by atoms with van der Waals surface area (Å²) in [6, 6.07) is 7.40. The molecule has 0 radical (unpaired) electrons. The molecule has 0 saturated heterocycles. The molecule has 1 aromatic rings. The number of carbonyl (C=O) groups is 1. The summed E-state index contributed by atoms with van der Waals surface area (Å²) in [4.78, 5) is 11.5. The lowest BCUT2D eigenvalue weighted by molar-refractivity contribution is -0.142. The van der Waals surface area contributed by atoms with E-state index in [-0.39, 0.29) is 11.9 Å². The summed E-state index contributed by atoms with van der Waals surface area (Å²) >= 11 is 0. The zero-order valence-electron chi connectivity index (χ0n) is 8.30. The van der Waals surface area contributed by atoms with Gasteiger partial charge in [-0.05, 0) is 5.56 Å². The summed E-state index contributed by atoms with van der Waals surface area (Å²) < 4.78 is 4.71. The molecule has 0 bridgehead atoms. The minimum Gasteiger partial charge on any atom is -0.469 e. The molecule has 0 amide bonds. The van der Waals surface area contributed by atoms with Crippen molar-refractivity contribution in [3.63, 3.8) is 0 Å². The molecular weight excluding hydrogens is 194 g/mol. The van der Waals surface area contributed by atoms with Gasteiger partial charge in [0.1, 0.15) is 0 Å². The van der Waals surface area contributed by atoms with Crippen molar-refractivity contribution in [2.75, 3.05) is 7.11 Å². The number of oxime groups is 1. The minimum atomic E-state index is -0.336. The van der Waals surface area contributed by atoms with E-state index in [1.165, 1.54) is 7.11 Å². The van der Waals surface area contributed by atoms with Crippen molar-refractivity contribution >= 4 is 11.7 Å². The van der Waals surface area contributed by atoms with Crippen molar-refractivity contribution in [3.8, 4) is 0 Å². The number of nitrogens with zero attached hydrogens (tertiary/aromatic N) is 1. The quantitative estimate of drug-likeness (QED) is 0.429. The van der Waals surface area contributed by atoms with E-state index in [1.807, 2.05) is 24.3 Å². The maximum atomic E-state index is 11.5. The average Bonchev–Trinajstić information content (AvgIpc) is 2.67. The standard InChI is InChI=1S/C11H11NO3/c1-15-11(13)9-6-10(12-14)8-5-3-2-4-7(8)9/h2-5,9,14H,6H2,1H3/t9-/m0/s1. The second kappa shape index (κ2) is 3.73. The van der Waals surface area contributed by atoms with Crippen LogP contribution in [0.5, 0.6) is 0 Å². The van der Waals surface area contributed by atoms with E-state index in [1.54, 1.807) is 0 Å². The molecule has 0 heterocycles. The van der Waals surface area contributed by atoms with Crippen molar-refractivity contribution < 1.29 is 14.7 Å². The molecule has 78 valence electrons. The number of benzene rings is 1. The highest BCUT2D eigenvalue weighted by atomic mass is 16.5. The molecule has 1 aromatic carbocycles. The molecule has 1 N–H and O–H groups in total. The molecule has 4 nitrogen and oxygen atoms in total. The lowest BCUT2D eigenvalue weighted by Crippen LogP contribution is -2.11. The smallest absolute Gasteiger partial charge is 0.313 e. The van der Waals surface area contributed by atoms with Crippen LogP contribution in [0.15, 0.2) is 29.4 Å². The number of ether oxygens (including phenoxy) is 1. The fraction of sp³-hybridized carbons (Fsp3) is 0.273. The third kappa shape index (κ3) is 1.48. The van der Waals surface area contributed by atoms with Gasteiger partial charge in [0.15, 0.2) is 0 Å². The summed E-state index contributed by atoms with van der Waals surface area (Å²) in [5, 5.41) is 12.0. The van der Waals surface area contributed by atoms with E-state index in [9.17, 15) is 4.79 Å². The van der Waals surface area contributed by atoms with Crippen molar-refractivity contribution in [3.05, 3.63) is 35.4 Å². The van der Waals surface area contributed by atoms with E-state index in [0.717, 1.165) is 11.1 Å². The Bertz CT molecular complexity index is 426. The van der Waals surface area contributed by atoms with Crippen LogP contribution in [0.4, 0.5) is 0 Å². The monoisotopic (exact) mass is 205 g/mol. The predicted molar refractivity (Wildman–Crippen MR) is 54.1 cm³/mol. The van der Waals surface area contributed by atoms with Crippen molar-refractivity contribution in [1.29, 1.82) is 0 Å². The van der Waals surface area contributed by atoms with Gasteiger partial charge < -0.3 is 9.94 Å². The first kappa shape index (κ1) is 9.71. The molecule has 0 unspecified atom stereocenters. The third-order valence-electron chi connectivity index (χ3n) is 2.65. The normalized spacial score (nSPS) is 21.4. The first-order chi connectivity index (χ1) is 7.27. The maximum Gasteiger partial charge on any atom is 0.313 e. The molecule has 15 heavy (non-hydrogen) atoms. The van der Waals surface area contributed by atoms with E-state index in [0.29, 0.717) is 12.1 Å². The van der Waals surface area contributed by atoms with Crippen molar-refractivity contribution in [2.45, 2.75) is 12.3 Å². The lowest BCUT2D eigenvalue weighted by atomic mass is 10.0. The summed E-state index contributed by atoms with van der Waals surface area (Å²) in [6.07, 6.45) is 0.405. The van der Waals surface area contributed by atoms with Crippen LogP contribution in [-0.2, 0) is 9.53 Å². The molecule has 1 aliphatic carbocycles. The fourth-order valence-electron chi connectivity index (χ4n) is 1.92. The summed E-state index contributed by atoms with van der Waals surface area (Å²) in [6.45, 7) is 0. The number of esters is 1. The Morgan fingerprint density at radius 2 is 2.27 bits per heavy atom. The van der Waals surface area contributed by atoms with Crippen LogP contribution in [-0.4, -0.2) is 24.0 Å². The Hall–Kier alpha value is -1.84. The molecule has 1 aliphatic rings. The topological polar surface area (TPSA) is 58.9 Å². The summed E-state index contributed by atoms with van der Waals surface area (Å²) in [7, 11) is 1.36. The van der Waals surface area contributed by atoms with Gasteiger partial charge in [0.05, 0.1) is 18.7 Å². The lowest BCUT2D eigenvalue weighted by Gasteiger charge is -2.06. The first-order valence-corrected chi connectivity index (χ1v) is 4.66. The van der Waals surface area contributed by atoms with Gasteiger partial charge in [-0.25, -0.2) is 0 Å². The largest absolute Gasteiger partial charge is 0.469 e. The van der Waals surface area contributed by atoms with Crippen LogP contribution in [0.25, 0.3) is 0 Å². The van der Waals surface area contributed by atoms with Gasteiger partial charge in [0.25, 0.3) is 0 Å². The van der Waals surface area contributed by atoms with Crippen LogP contribution >= 0.6 is 0 Å². The zero-order chi connectivity index (χ0) is 10.8. The minimum absolute atomic E-state index is 0.291. The Kier molecular flexibility index (Phi) is 2.41. The molecule has 0 saturated carbocycles. The number of hydrogen-bond acceptors (Lipinski definition) is 4. The SMILES string of the molecule is COC(=O)[C@H]1CC(=NO)c2ccccc21. The van der Waals surface area contributed by atoms with E-state index >= 15 is 0 Å². The zero-order valence-corrected chi connectivity index (χ0v) is 8.30. The Morgan fingerprint density at radius 1 is 1.53 bits per heavy atom. The molecule has 0 aromatic heterocycles. The van der Waals surface area contributed by atoms with Crippen molar-refractivity contribution in [2.24, 2.45) is 5.16 Å². The Balaban J connectivity index is 2.46. The van der Waals surface area contributed by atoms with E-state index in [4.69, 9.17) is 9.94 Å². The Labute approximate surface area is 87.2 Å². The van der Waals surface area contributed by atoms with Gasteiger partial charge in [-0.1, -0.05) is 29.4 Å². The predicted octanol–water partition coefficient (Wildman–Crippen LogP) is 1.53. The van der Waals surface area contributed by atoms with Gasteiger partial charge in [-0.2, -0.15) is 0 Å². The summed E-state index contributed by atoms with van der Waals surface area (Å²) in [5.41, 5.74) is 2.24. The van der Waals surface area contributed by atoms with Crippen LogP contribution in [0.1, 0.15) is 23.5 Å². The molecule has 0 fully saturated rings. The highest BCUT2D eigenvalue weighted by Crippen LogP contribution is 2.33. The molecule has 0 spiro atoms. The van der Waals surface area contributed by atoms with Gasteiger partial charge in [0.2, 0.25) is 0 Å². The van der Waals surface area contributed by atoms with Gasteiger partial charge >= 0.3 is 5.97 Å². The highest BCUT2D eigenvalue weighted by Gasteiger charge is 2.33. The molecular formula is C11H11NO3. The van der Waals surface area contributed by atoms with Gasteiger partial charge in [-0.15, -0.1) is 0 Å². The molecule has 1 atom stereocenters. The average molecular weight is 205 g/mol. The number of hydrogen-bond donors (Lipinski definition) is 1. The number of fused-ring (bicyclic) bond motifs is 1. The highest BCUT2D eigenvalue weighted by molar-refractivity contribution is 6.08. The van der Waals surface area contributed by atoms with Crippen LogP contribution in [0.2, 0.25) is 0 Å². The molecule has 2 rings (SSSR count). The maximum absolute atomic E-state index is 11.5. The second-order valence-corrected chi connectivity index (χ2v) is 3.41. The van der Waals surface area contributed by atoms with Crippen LogP contribution in [0.3, 0.4) is 0 Å². The fourth-order valence-corrected chi connectivity index (χ4v) is 1.92. The third-order valence-corrected chi connectivity index (χ3v) is 2.65.